The molecule has 33 heavy (non-hydrogen) atoms. The Morgan fingerprint density at radius 2 is 1.76 bits per heavy atom. The number of carboxylic acids is 1. The summed E-state index contributed by atoms with van der Waals surface area (Å²) in [6.45, 7) is 2.99. The number of nitrogens with one attached hydrogen (secondary N) is 1. The molecular weight excluding hydrogens is 486 g/mol. The van der Waals surface area contributed by atoms with E-state index in [4.69, 9.17) is 33.1 Å². The summed E-state index contributed by atoms with van der Waals surface area (Å²) in [5.41, 5.74) is 0.686. The smallest absolute Gasteiger partial charge is 0.490 e. The number of aromatic nitrogens is 1. The number of phenols is 1. The Bertz CT molecular complexity index is 969. The molecule has 1 aromatic carbocycles. The van der Waals surface area contributed by atoms with Crippen LogP contribution >= 0.6 is 23.2 Å². The Morgan fingerprint density at radius 1 is 1.18 bits per heavy atom. The zero-order valence-electron chi connectivity index (χ0n) is 17.4. The molecule has 0 aliphatic carbocycles. The molecule has 3 N–H and O–H groups in total. The van der Waals surface area contributed by atoms with Gasteiger partial charge in [0.1, 0.15) is 11.6 Å². The Balaban J connectivity index is 0.000000479. The lowest BCUT2D eigenvalue weighted by molar-refractivity contribution is -0.192. The van der Waals surface area contributed by atoms with Gasteiger partial charge in [-0.1, -0.05) is 29.3 Å². The highest BCUT2D eigenvalue weighted by molar-refractivity contribution is 6.42. The molecule has 1 aliphatic heterocycles. The molecule has 1 amide bonds. The van der Waals surface area contributed by atoms with Crippen LogP contribution in [-0.2, 0) is 9.59 Å². The van der Waals surface area contributed by atoms with Crippen LogP contribution in [0.4, 0.5) is 19.0 Å². The van der Waals surface area contributed by atoms with Gasteiger partial charge in [-0.2, -0.15) is 13.2 Å². The lowest BCUT2D eigenvalue weighted by atomic mass is 9.85. The maximum atomic E-state index is 11.6. The number of pyridine rings is 1. The zero-order chi connectivity index (χ0) is 24.8. The number of carboxylic acid groups (broad SMARTS) is 1. The lowest BCUT2D eigenvalue weighted by Gasteiger charge is -2.36. The Morgan fingerprint density at radius 3 is 2.24 bits per heavy atom. The minimum Gasteiger partial charge on any atom is -0.508 e. The summed E-state index contributed by atoms with van der Waals surface area (Å²) >= 11 is 12.2. The van der Waals surface area contributed by atoms with E-state index in [1.807, 2.05) is 23.1 Å². The first-order valence-corrected chi connectivity index (χ1v) is 10.6. The van der Waals surface area contributed by atoms with Crippen molar-refractivity contribution in [1.29, 1.82) is 0 Å². The van der Waals surface area contributed by atoms with Crippen molar-refractivity contribution in [3.8, 4) is 5.75 Å². The number of hydrogen-bond donors (Lipinski definition) is 3. The van der Waals surface area contributed by atoms with Crippen molar-refractivity contribution < 1.29 is 33.0 Å². The molecular formula is C21H22Cl2F3N3O4. The van der Waals surface area contributed by atoms with Gasteiger partial charge >= 0.3 is 12.1 Å². The highest BCUT2D eigenvalue weighted by Crippen LogP contribution is 2.40. The van der Waals surface area contributed by atoms with Gasteiger partial charge in [0.2, 0.25) is 5.91 Å². The van der Waals surface area contributed by atoms with Crippen LogP contribution in [0.25, 0.3) is 0 Å². The number of aliphatic carboxylic acids is 1. The van der Waals surface area contributed by atoms with Gasteiger partial charge in [0, 0.05) is 37.8 Å². The summed E-state index contributed by atoms with van der Waals surface area (Å²) in [4.78, 5) is 26.7. The second-order valence-corrected chi connectivity index (χ2v) is 8.12. The largest absolute Gasteiger partial charge is 0.508 e. The fourth-order valence-corrected chi connectivity index (χ4v) is 3.74. The van der Waals surface area contributed by atoms with Crippen LogP contribution < -0.4 is 5.32 Å². The molecule has 1 fully saturated rings. The standard InChI is InChI=1S/C19H21Cl2N3O2.C2HF3O2/c1-12(25)24-8-5-13(6-9-24)19(23-18-4-2-3-7-22-18)14-10-15(20)16(21)11-17(14)26;3-2(4,5)1(6)7/h2-4,7,10-11,13,19,26H,5-6,8-9H2,1H3,(H,22,23);(H,6,7). The fraction of sp³-hybridized carbons (Fsp3) is 0.381. The van der Waals surface area contributed by atoms with Crippen LogP contribution in [-0.4, -0.2) is 51.2 Å². The van der Waals surface area contributed by atoms with Crippen molar-refractivity contribution >= 4 is 40.9 Å². The second kappa shape index (κ2) is 11.4. The van der Waals surface area contributed by atoms with Gasteiger partial charge in [-0.3, -0.25) is 4.79 Å². The third-order valence-corrected chi connectivity index (χ3v) is 5.79. The molecule has 0 spiro atoms. The van der Waals surface area contributed by atoms with Crippen molar-refractivity contribution in [2.45, 2.75) is 32.0 Å². The summed E-state index contributed by atoms with van der Waals surface area (Å²) in [5.74, 6) is -1.63. The highest BCUT2D eigenvalue weighted by atomic mass is 35.5. The van der Waals surface area contributed by atoms with Crippen LogP contribution in [0.5, 0.6) is 5.75 Å². The molecule has 7 nitrogen and oxygen atoms in total. The van der Waals surface area contributed by atoms with Crippen molar-refractivity contribution in [3.05, 3.63) is 52.1 Å². The number of anilines is 1. The number of benzene rings is 1. The van der Waals surface area contributed by atoms with Crippen molar-refractivity contribution in [1.82, 2.24) is 9.88 Å². The van der Waals surface area contributed by atoms with Crippen LogP contribution in [0.15, 0.2) is 36.5 Å². The van der Waals surface area contributed by atoms with Crippen LogP contribution in [0, 0.1) is 5.92 Å². The average Bonchev–Trinajstić information content (AvgIpc) is 2.75. The number of aromatic hydroxyl groups is 1. The zero-order valence-corrected chi connectivity index (χ0v) is 19.0. The molecule has 1 unspecified atom stereocenters. The highest BCUT2D eigenvalue weighted by Gasteiger charge is 2.38. The first kappa shape index (κ1) is 26.5. The number of nitrogens with zero attached hydrogens (tertiary/aromatic N) is 2. The normalized spacial score (nSPS) is 15.3. The first-order chi connectivity index (χ1) is 15.4. The summed E-state index contributed by atoms with van der Waals surface area (Å²) in [6.07, 6.45) is -1.72. The molecule has 2 heterocycles. The van der Waals surface area contributed by atoms with Gasteiger partial charge in [0.15, 0.2) is 0 Å². The van der Waals surface area contributed by atoms with E-state index in [0.29, 0.717) is 28.7 Å². The molecule has 0 saturated carbocycles. The SMILES string of the molecule is CC(=O)N1CCC(C(Nc2ccccn2)c2cc(Cl)c(Cl)cc2O)CC1.O=C(O)C(F)(F)F. The van der Waals surface area contributed by atoms with E-state index in [1.54, 1.807) is 19.2 Å². The van der Waals surface area contributed by atoms with Gasteiger partial charge in [0.25, 0.3) is 0 Å². The van der Waals surface area contributed by atoms with Gasteiger partial charge in [-0.15, -0.1) is 0 Å². The topological polar surface area (TPSA) is 103 Å². The molecule has 180 valence electrons. The number of carbonyl (C=O) groups excluding carboxylic acids is 1. The van der Waals surface area contributed by atoms with Crippen LogP contribution in [0.2, 0.25) is 10.0 Å². The van der Waals surface area contributed by atoms with Crippen molar-refractivity contribution in [2.24, 2.45) is 5.92 Å². The molecule has 0 bridgehead atoms. The van der Waals surface area contributed by atoms with E-state index in [2.05, 4.69) is 10.3 Å². The Hall–Kier alpha value is -2.72. The minimum absolute atomic E-state index is 0.0927. The number of carbonyl (C=O) groups is 2. The summed E-state index contributed by atoms with van der Waals surface area (Å²) in [7, 11) is 0. The number of amides is 1. The Kier molecular flexibility index (Phi) is 9.18. The third kappa shape index (κ3) is 7.68. The predicted molar refractivity (Wildman–Crippen MR) is 117 cm³/mol. The van der Waals surface area contributed by atoms with Gasteiger partial charge in [0.05, 0.1) is 16.1 Å². The molecule has 3 rings (SSSR count). The molecule has 1 aromatic heterocycles. The molecule has 12 heteroatoms. The average molecular weight is 508 g/mol. The number of phenolic OH excluding ortho intramolecular Hbond substituents is 1. The maximum absolute atomic E-state index is 11.6. The number of hydrogen-bond acceptors (Lipinski definition) is 5. The molecule has 2 aromatic rings. The predicted octanol–water partition coefficient (Wildman–Crippen LogP) is 5.14. The number of piperidine rings is 1. The maximum Gasteiger partial charge on any atom is 0.490 e. The summed E-state index contributed by atoms with van der Waals surface area (Å²) < 4.78 is 31.7. The van der Waals surface area contributed by atoms with Crippen LogP contribution in [0.1, 0.15) is 31.4 Å². The minimum atomic E-state index is -5.08. The lowest BCUT2D eigenvalue weighted by Crippen LogP contribution is -2.39. The fourth-order valence-electron chi connectivity index (χ4n) is 3.41. The molecule has 1 saturated heterocycles. The van der Waals surface area contributed by atoms with E-state index in [9.17, 15) is 23.1 Å². The van der Waals surface area contributed by atoms with Crippen molar-refractivity contribution in [3.63, 3.8) is 0 Å². The second-order valence-electron chi connectivity index (χ2n) is 7.31. The van der Waals surface area contributed by atoms with E-state index < -0.39 is 12.1 Å². The molecule has 1 atom stereocenters. The van der Waals surface area contributed by atoms with E-state index in [1.165, 1.54) is 6.07 Å². The number of rotatable bonds is 4. The summed E-state index contributed by atoms with van der Waals surface area (Å²) in [5, 5.41) is 21.7. The molecule has 1 aliphatic rings. The summed E-state index contributed by atoms with van der Waals surface area (Å²) in [6, 6.07) is 8.62. The number of likely N-dealkylation sites (tertiary alicyclic amines) is 1. The number of alkyl halides is 3. The van der Waals surface area contributed by atoms with Gasteiger partial charge in [-0.05, 0) is 37.0 Å². The van der Waals surface area contributed by atoms with E-state index in [0.717, 1.165) is 18.7 Å². The Labute approximate surface area is 198 Å². The molecule has 0 radical (unpaired) electrons. The van der Waals surface area contributed by atoms with Gasteiger partial charge in [-0.25, -0.2) is 9.78 Å². The quantitative estimate of drug-likeness (QED) is 0.529. The van der Waals surface area contributed by atoms with Crippen LogP contribution in [0.3, 0.4) is 0 Å². The van der Waals surface area contributed by atoms with Gasteiger partial charge < -0.3 is 20.4 Å². The van der Waals surface area contributed by atoms with E-state index >= 15 is 0 Å². The third-order valence-electron chi connectivity index (χ3n) is 5.07. The first-order valence-electron chi connectivity index (χ1n) is 9.81. The van der Waals surface area contributed by atoms with Crippen molar-refractivity contribution in [2.75, 3.05) is 18.4 Å². The van der Waals surface area contributed by atoms with E-state index in [-0.39, 0.29) is 23.6 Å². The number of halogens is 5. The monoisotopic (exact) mass is 507 g/mol.